The van der Waals surface area contributed by atoms with Gasteiger partial charge in [-0.3, -0.25) is 9.59 Å². The first kappa shape index (κ1) is 55.6. The molecule has 0 aromatic carbocycles. The summed E-state index contributed by atoms with van der Waals surface area (Å²) in [5.74, 6) is -0.488. The Labute approximate surface area is 355 Å². The van der Waals surface area contributed by atoms with Crippen molar-refractivity contribution in [3.05, 3.63) is 12.2 Å². The topological polar surface area (TPSA) is 95.9 Å². The zero-order valence-corrected chi connectivity index (χ0v) is 38.5. The Bertz CT molecular complexity index is 863. The van der Waals surface area contributed by atoms with Gasteiger partial charge in [0.2, 0.25) is 5.91 Å². The monoisotopic (exact) mass is 806 g/mol. The Morgan fingerprint density at radius 2 is 0.860 bits per heavy atom. The van der Waals surface area contributed by atoms with Crippen LogP contribution in [-0.4, -0.2) is 46.9 Å². The second-order valence-electron chi connectivity index (χ2n) is 17.6. The van der Waals surface area contributed by atoms with Crippen LogP contribution < -0.4 is 5.32 Å². The molecule has 0 aliphatic heterocycles. The van der Waals surface area contributed by atoms with Gasteiger partial charge in [-0.15, -0.1) is 0 Å². The summed E-state index contributed by atoms with van der Waals surface area (Å²) in [6.45, 7) is 6.47. The van der Waals surface area contributed by atoms with Crippen LogP contribution in [0.4, 0.5) is 0 Å². The molecule has 0 heterocycles. The van der Waals surface area contributed by atoms with Crippen molar-refractivity contribution in [2.75, 3.05) is 6.61 Å². The molecule has 0 saturated carbocycles. The molecule has 6 nitrogen and oxygen atoms in total. The van der Waals surface area contributed by atoms with Gasteiger partial charge in [-0.1, -0.05) is 232 Å². The van der Waals surface area contributed by atoms with Crippen molar-refractivity contribution in [3.8, 4) is 0 Å². The normalized spacial score (nSPS) is 13.3. The molecule has 0 spiro atoms. The quantitative estimate of drug-likeness (QED) is 0.0323. The van der Waals surface area contributed by atoms with Gasteiger partial charge in [0.25, 0.3) is 0 Å². The van der Waals surface area contributed by atoms with Crippen molar-refractivity contribution < 1.29 is 24.5 Å². The molecule has 0 aliphatic rings. The average Bonchev–Trinajstić information content (AvgIpc) is 3.20. The van der Waals surface area contributed by atoms with Crippen LogP contribution in [-0.2, 0) is 14.3 Å². The molecule has 0 saturated heterocycles. The van der Waals surface area contributed by atoms with E-state index in [2.05, 4.69) is 38.2 Å². The molecule has 0 fully saturated rings. The number of allylic oxidation sites excluding steroid dienone is 2. The van der Waals surface area contributed by atoms with Gasteiger partial charge in [-0.25, -0.2) is 0 Å². The highest BCUT2D eigenvalue weighted by molar-refractivity contribution is 5.77. The minimum Gasteiger partial charge on any atom is -0.462 e. The lowest BCUT2D eigenvalue weighted by molar-refractivity contribution is -0.151. The lowest BCUT2D eigenvalue weighted by atomic mass is 10.0. The molecule has 338 valence electrons. The van der Waals surface area contributed by atoms with Gasteiger partial charge in [-0.05, 0) is 44.9 Å². The number of hydrogen-bond donors (Lipinski definition) is 3. The number of amides is 1. The lowest BCUT2D eigenvalue weighted by Crippen LogP contribution is -2.46. The highest BCUT2D eigenvalue weighted by Gasteiger charge is 2.24. The van der Waals surface area contributed by atoms with Crippen LogP contribution in [0.2, 0.25) is 0 Å². The summed E-state index contributed by atoms with van der Waals surface area (Å²) in [6, 6.07) is -0.702. The fourth-order valence-corrected chi connectivity index (χ4v) is 7.96. The van der Waals surface area contributed by atoms with Gasteiger partial charge in [0, 0.05) is 6.42 Å². The van der Waals surface area contributed by atoms with Crippen molar-refractivity contribution in [1.82, 2.24) is 5.32 Å². The minimum absolute atomic E-state index is 0.0632. The molecule has 0 aromatic rings. The standard InChI is InChI=1S/C51H99NO5/c1-4-7-10-13-16-19-22-23-24-25-26-27-29-32-35-38-41-44-51(56)57-47(42-39-36-33-30-28-20-17-14-11-8-5-2)45-50(55)52-48(46-53)49(54)43-40-37-34-31-21-18-15-12-9-6-3/h30,33,47-49,53-54H,4-29,31-32,34-46H2,1-3H3,(H,52,55)/b33-30-. The van der Waals surface area contributed by atoms with Crippen LogP contribution in [0, 0.1) is 0 Å². The third kappa shape index (κ3) is 41.1. The van der Waals surface area contributed by atoms with Crippen LogP contribution in [0.25, 0.3) is 0 Å². The molecular weight excluding hydrogens is 707 g/mol. The van der Waals surface area contributed by atoms with Crippen LogP contribution >= 0.6 is 0 Å². The van der Waals surface area contributed by atoms with E-state index in [4.69, 9.17) is 4.74 Å². The number of aliphatic hydroxyl groups is 2. The number of ether oxygens (including phenoxy) is 1. The SMILES string of the molecule is CCCCCCCC/C=C\CCCC(CC(=O)NC(CO)C(O)CCCCCCCCCCCC)OC(=O)CCCCCCCCCCCCCCCCCCC. The van der Waals surface area contributed by atoms with E-state index in [1.807, 2.05) is 0 Å². The van der Waals surface area contributed by atoms with Gasteiger partial charge < -0.3 is 20.3 Å². The maximum Gasteiger partial charge on any atom is 0.306 e. The largest absolute Gasteiger partial charge is 0.462 e. The minimum atomic E-state index is -0.787. The van der Waals surface area contributed by atoms with Crippen LogP contribution in [0.5, 0.6) is 0 Å². The average molecular weight is 806 g/mol. The molecule has 0 bridgehead atoms. The van der Waals surface area contributed by atoms with Crippen molar-refractivity contribution in [2.24, 2.45) is 0 Å². The summed E-state index contributed by atoms with van der Waals surface area (Å²) in [4.78, 5) is 26.0. The van der Waals surface area contributed by atoms with E-state index in [1.165, 1.54) is 173 Å². The van der Waals surface area contributed by atoms with Gasteiger partial charge in [-0.2, -0.15) is 0 Å². The molecular formula is C51H99NO5. The molecule has 0 radical (unpaired) electrons. The number of carbonyl (C=O) groups excluding carboxylic acids is 2. The molecule has 6 heteroatoms. The van der Waals surface area contributed by atoms with E-state index < -0.39 is 18.2 Å². The van der Waals surface area contributed by atoms with Crippen LogP contribution in [0.1, 0.15) is 278 Å². The van der Waals surface area contributed by atoms with E-state index in [-0.39, 0.29) is 24.9 Å². The first-order chi connectivity index (χ1) is 28.0. The Morgan fingerprint density at radius 3 is 1.28 bits per heavy atom. The number of aliphatic hydroxyl groups excluding tert-OH is 2. The fraction of sp³-hybridized carbons (Fsp3) is 0.922. The highest BCUT2D eigenvalue weighted by Crippen LogP contribution is 2.18. The number of esters is 1. The number of unbranched alkanes of at least 4 members (excludes halogenated alkanes) is 32. The third-order valence-corrected chi connectivity index (χ3v) is 11.8. The van der Waals surface area contributed by atoms with E-state index in [9.17, 15) is 19.8 Å². The fourth-order valence-electron chi connectivity index (χ4n) is 7.96. The summed E-state index contributed by atoms with van der Waals surface area (Å²) >= 11 is 0. The number of carbonyl (C=O) groups is 2. The van der Waals surface area contributed by atoms with Crippen molar-refractivity contribution in [2.45, 2.75) is 296 Å². The Kier molecular flexibility index (Phi) is 44.6. The zero-order chi connectivity index (χ0) is 41.7. The maximum atomic E-state index is 13.1. The second kappa shape index (κ2) is 45.7. The van der Waals surface area contributed by atoms with Gasteiger partial charge in [0.05, 0.1) is 25.2 Å². The number of rotatable bonds is 46. The summed E-state index contributed by atoms with van der Waals surface area (Å²) in [7, 11) is 0. The molecule has 0 aliphatic carbocycles. The molecule has 3 unspecified atom stereocenters. The highest BCUT2D eigenvalue weighted by atomic mass is 16.5. The lowest BCUT2D eigenvalue weighted by Gasteiger charge is -2.24. The predicted octanol–water partition coefficient (Wildman–Crippen LogP) is 15.0. The Morgan fingerprint density at radius 1 is 0.491 bits per heavy atom. The first-order valence-corrected chi connectivity index (χ1v) is 25.4. The Hall–Kier alpha value is -1.40. The summed E-state index contributed by atoms with van der Waals surface area (Å²) < 4.78 is 5.91. The predicted molar refractivity (Wildman–Crippen MR) is 246 cm³/mol. The van der Waals surface area contributed by atoms with Crippen LogP contribution in [0.15, 0.2) is 12.2 Å². The van der Waals surface area contributed by atoms with E-state index in [0.29, 0.717) is 19.3 Å². The number of hydrogen-bond acceptors (Lipinski definition) is 5. The van der Waals surface area contributed by atoms with Gasteiger partial charge in [0.1, 0.15) is 6.10 Å². The first-order valence-electron chi connectivity index (χ1n) is 25.4. The maximum absolute atomic E-state index is 13.1. The summed E-state index contributed by atoms with van der Waals surface area (Å²) in [5, 5.41) is 23.7. The van der Waals surface area contributed by atoms with Gasteiger partial charge >= 0.3 is 5.97 Å². The molecule has 0 rings (SSSR count). The zero-order valence-electron chi connectivity index (χ0n) is 38.5. The van der Waals surface area contributed by atoms with Gasteiger partial charge in [0.15, 0.2) is 0 Å². The molecule has 1 amide bonds. The van der Waals surface area contributed by atoms with E-state index in [0.717, 1.165) is 57.8 Å². The smallest absolute Gasteiger partial charge is 0.306 e. The van der Waals surface area contributed by atoms with Crippen molar-refractivity contribution >= 4 is 11.9 Å². The third-order valence-electron chi connectivity index (χ3n) is 11.8. The van der Waals surface area contributed by atoms with E-state index in [1.54, 1.807) is 0 Å². The Balaban J connectivity index is 4.49. The molecule has 3 N–H and O–H groups in total. The number of nitrogens with one attached hydrogen (secondary N) is 1. The van der Waals surface area contributed by atoms with E-state index >= 15 is 0 Å². The van der Waals surface area contributed by atoms with Crippen LogP contribution in [0.3, 0.4) is 0 Å². The van der Waals surface area contributed by atoms with Crippen molar-refractivity contribution in [3.63, 3.8) is 0 Å². The summed E-state index contributed by atoms with van der Waals surface area (Å²) in [5.41, 5.74) is 0. The molecule has 0 aromatic heterocycles. The second-order valence-corrected chi connectivity index (χ2v) is 17.6. The molecule has 57 heavy (non-hydrogen) atoms. The summed E-state index contributed by atoms with van der Waals surface area (Å²) in [6.07, 6.45) is 49.9. The molecule has 3 atom stereocenters. The van der Waals surface area contributed by atoms with Crippen molar-refractivity contribution in [1.29, 1.82) is 0 Å².